The maximum Gasteiger partial charge on any atom is 0.332 e. The third kappa shape index (κ3) is 14.7. The fourth-order valence-electron chi connectivity index (χ4n) is 10.7. The van der Waals surface area contributed by atoms with E-state index in [0.29, 0.717) is 38.5 Å². The summed E-state index contributed by atoms with van der Waals surface area (Å²) < 4.78 is 6.06. The second-order valence-corrected chi connectivity index (χ2v) is 22.8. The standard InChI is InChI=1S/C53H92N8O11/c1-18-32(9)38-49(67)58(15)40(30(5)6)45(63)54-36(28-29(3)4)48(66)60(17)43(53(12,13)71)52(70)72-42(33(10)19-2)51(69)59(16)41(31(7)8)46(64)56-39(35-24-21-20-22-25-35)50(68)57(14)34(11)47(65)61-27-23-26-37(61)44(62)55-38/h29-43,71H,18-28H2,1-17H3,(H,54,63)(H,55,62)(H,56,64)/t32-,33-,34+,36-,37-,38-,39-,40-,41-,42+,43+/m0/s1. The molecule has 2 heterocycles. The third-order valence-electron chi connectivity index (χ3n) is 15.5. The van der Waals surface area contributed by atoms with Crippen molar-refractivity contribution < 1.29 is 53.0 Å². The summed E-state index contributed by atoms with van der Waals surface area (Å²) in [6, 6.07) is -9.45. The SMILES string of the molecule is CC[C@H](C)[C@@H]1NC(=O)[C@@H]2CCCN2C(=O)[C@@H](C)N(C)C(=O)[C@H](C2CCCCC2)NC(=O)[C@H](C(C)C)N(C)C(=O)[C@@H]([C@@H](C)CC)OC(=O)[C@H](C(C)(C)O)N(C)C(=O)[C@H](CC(C)C)NC(=O)[C@H](C(C)C)N(C)C1=O. The second-order valence-electron chi connectivity index (χ2n) is 22.8. The number of hydrogen-bond acceptors (Lipinski definition) is 11. The number of nitrogens with zero attached hydrogens (tertiary/aromatic N) is 5. The third-order valence-corrected chi connectivity index (χ3v) is 15.5. The van der Waals surface area contributed by atoms with Gasteiger partial charge in [0.25, 0.3) is 5.91 Å². The number of amides is 8. The Labute approximate surface area is 430 Å². The molecule has 1 aliphatic carbocycles. The molecule has 2 saturated heterocycles. The zero-order valence-electron chi connectivity index (χ0n) is 46.7. The molecule has 3 fully saturated rings. The number of likely N-dealkylation sites (N-methyl/N-ethyl adjacent to an activating group) is 4. The number of hydrogen-bond donors (Lipinski definition) is 4. The summed E-state index contributed by atoms with van der Waals surface area (Å²) in [4.78, 5) is 138. The van der Waals surface area contributed by atoms with E-state index in [-0.39, 0.29) is 24.8 Å². The number of carbonyl (C=O) groups is 9. The van der Waals surface area contributed by atoms with Crippen LogP contribution in [0.4, 0.5) is 0 Å². The van der Waals surface area contributed by atoms with Crippen LogP contribution in [0.15, 0.2) is 0 Å². The molecule has 72 heavy (non-hydrogen) atoms. The van der Waals surface area contributed by atoms with Crippen molar-refractivity contribution in [2.45, 2.75) is 214 Å². The van der Waals surface area contributed by atoms with Crippen LogP contribution in [0, 0.1) is 35.5 Å². The van der Waals surface area contributed by atoms with E-state index >= 15 is 0 Å². The number of carbonyl (C=O) groups excluding carboxylic acids is 9. The Kier molecular flexibility index (Phi) is 22.6. The molecule has 0 bridgehead atoms. The van der Waals surface area contributed by atoms with Crippen LogP contribution in [-0.2, 0) is 47.9 Å². The monoisotopic (exact) mass is 1020 g/mol. The average molecular weight is 1020 g/mol. The zero-order chi connectivity index (χ0) is 54.8. The first-order valence-corrected chi connectivity index (χ1v) is 26.7. The summed E-state index contributed by atoms with van der Waals surface area (Å²) >= 11 is 0. The maximum atomic E-state index is 14.8. The van der Waals surface area contributed by atoms with E-state index in [1.54, 1.807) is 48.5 Å². The highest BCUT2D eigenvalue weighted by Gasteiger charge is 2.48. The Hall–Kier alpha value is -4.81. The molecular formula is C53H92N8O11. The summed E-state index contributed by atoms with van der Waals surface area (Å²) in [5.41, 5.74) is -1.95. The highest BCUT2D eigenvalue weighted by atomic mass is 16.6. The summed E-state index contributed by atoms with van der Waals surface area (Å²) in [7, 11) is 5.71. The van der Waals surface area contributed by atoms with Gasteiger partial charge in [0.15, 0.2) is 12.1 Å². The van der Waals surface area contributed by atoms with E-state index in [1.165, 1.54) is 61.6 Å². The van der Waals surface area contributed by atoms with E-state index in [1.807, 2.05) is 27.7 Å². The number of fused-ring (bicyclic) bond motifs is 1. The first-order valence-electron chi connectivity index (χ1n) is 26.7. The molecule has 0 aromatic heterocycles. The van der Waals surface area contributed by atoms with Crippen LogP contribution in [0.2, 0.25) is 0 Å². The van der Waals surface area contributed by atoms with Crippen LogP contribution >= 0.6 is 0 Å². The van der Waals surface area contributed by atoms with Gasteiger partial charge >= 0.3 is 5.97 Å². The lowest BCUT2D eigenvalue weighted by atomic mass is 9.83. The Balaban J connectivity index is 2.29. The van der Waals surface area contributed by atoms with E-state index < -0.39 is 137 Å². The second kappa shape index (κ2) is 26.4. The molecule has 0 spiro atoms. The van der Waals surface area contributed by atoms with Gasteiger partial charge in [-0.2, -0.15) is 0 Å². The Bertz CT molecular complexity index is 1930. The minimum Gasteiger partial charge on any atom is -0.450 e. The quantitative estimate of drug-likeness (QED) is 0.231. The Morgan fingerprint density at radius 1 is 0.611 bits per heavy atom. The Morgan fingerprint density at radius 3 is 1.64 bits per heavy atom. The number of cyclic esters (lactones) is 1. The van der Waals surface area contributed by atoms with Crippen LogP contribution in [0.1, 0.15) is 154 Å². The van der Waals surface area contributed by atoms with Crippen molar-refractivity contribution >= 4 is 53.2 Å². The zero-order valence-corrected chi connectivity index (χ0v) is 46.7. The Morgan fingerprint density at radius 2 is 1.14 bits per heavy atom. The van der Waals surface area contributed by atoms with Gasteiger partial charge in [-0.1, -0.05) is 94.9 Å². The topological polar surface area (TPSA) is 235 Å². The van der Waals surface area contributed by atoms with Crippen molar-refractivity contribution in [3.05, 3.63) is 0 Å². The summed E-state index contributed by atoms with van der Waals surface area (Å²) in [6.45, 7) is 22.4. The van der Waals surface area contributed by atoms with Gasteiger partial charge < -0.3 is 50.3 Å². The van der Waals surface area contributed by atoms with Crippen LogP contribution in [0.3, 0.4) is 0 Å². The van der Waals surface area contributed by atoms with Gasteiger partial charge in [-0.05, 0) is 88.9 Å². The van der Waals surface area contributed by atoms with Crippen molar-refractivity contribution in [3.8, 4) is 0 Å². The molecule has 3 aliphatic rings. The van der Waals surface area contributed by atoms with Crippen molar-refractivity contribution in [3.63, 3.8) is 0 Å². The summed E-state index contributed by atoms with van der Waals surface area (Å²) in [5.74, 6) is -8.39. The lowest BCUT2D eigenvalue weighted by Gasteiger charge is -2.40. The van der Waals surface area contributed by atoms with Crippen molar-refractivity contribution in [2.24, 2.45) is 35.5 Å². The average Bonchev–Trinajstić information content (AvgIpc) is 3.81. The molecule has 3 rings (SSSR count). The molecule has 8 amide bonds. The molecule has 11 atom stereocenters. The van der Waals surface area contributed by atoms with Crippen molar-refractivity contribution in [1.29, 1.82) is 0 Å². The lowest BCUT2D eigenvalue weighted by Crippen LogP contribution is -2.63. The maximum absolute atomic E-state index is 14.8. The molecule has 4 N–H and O–H groups in total. The minimum atomic E-state index is -1.95. The van der Waals surface area contributed by atoms with Gasteiger partial charge in [0.05, 0.1) is 5.60 Å². The summed E-state index contributed by atoms with van der Waals surface area (Å²) in [5, 5.41) is 20.4. The fourth-order valence-corrected chi connectivity index (χ4v) is 10.7. The molecule has 2 aliphatic heterocycles. The van der Waals surface area contributed by atoms with Gasteiger partial charge in [0.1, 0.15) is 42.3 Å². The van der Waals surface area contributed by atoms with Crippen LogP contribution in [0.5, 0.6) is 0 Å². The van der Waals surface area contributed by atoms with Crippen LogP contribution in [-0.4, -0.2) is 178 Å². The molecule has 1 saturated carbocycles. The molecule has 0 radical (unpaired) electrons. The molecule has 19 nitrogen and oxygen atoms in total. The van der Waals surface area contributed by atoms with Crippen LogP contribution < -0.4 is 16.0 Å². The van der Waals surface area contributed by atoms with Gasteiger partial charge in [-0.15, -0.1) is 0 Å². The van der Waals surface area contributed by atoms with Gasteiger partial charge in [0.2, 0.25) is 41.4 Å². The molecule has 0 unspecified atom stereocenters. The predicted molar refractivity (Wildman–Crippen MR) is 273 cm³/mol. The largest absolute Gasteiger partial charge is 0.450 e. The van der Waals surface area contributed by atoms with Gasteiger partial charge in [0, 0.05) is 40.7 Å². The molecule has 19 heteroatoms. The number of rotatable bonds is 10. The van der Waals surface area contributed by atoms with Crippen molar-refractivity contribution in [2.75, 3.05) is 34.7 Å². The summed E-state index contributed by atoms with van der Waals surface area (Å²) in [6.07, 6.45) is 4.14. The number of esters is 1. The predicted octanol–water partition coefficient (Wildman–Crippen LogP) is 3.49. The van der Waals surface area contributed by atoms with E-state index in [0.717, 1.165) is 24.2 Å². The number of aliphatic hydroxyl groups is 1. The van der Waals surface area contributed by atoms with Gasteiger partial charge in [-0.25, -0.2) is 4.79 Å². The van der Waals surface area contributed by atoms with Crippen LogP contribution in [0.25, 0.3) is 0 Å². The minimum absolute atomic E-state index is 0.103. The lowest BCUT2D eigenvalue weighted by molar-refractivity contribution is -0.177. The van der Waals surface area contributed by atoms with E-state index in [2.05, 4.69) is 16.0 Å². The molecule has 0 aromatic rings. The van der Waals surface area contributed by atoms with Gasteiger partial charge in [-0.3, -0.25) is 38.4 Å². The number of ether oxygens (including phenoxy) is 1. The number of nitrogens with one attached hydrogen (secondary N) is 3. The first kappa shape index (κ1) is 61.5. The van der Waals surface area contributed by atoms with Crippen molar-refractivity contribution in [1.82, 2.24) is 40.4 Å². The molecule has 410 valence electrons. The highest BCUT2D eigenvalue weighted by molar-refractivity contribution is 5.99. The molecular weight excluding hydrogens is 925 g/mol. The van der Waals surface area contributed by atoms with E-state index in [9.17, 15) is 48.3 Å². The fraction of sp³-hybridized carbons (Fsp3) is 0.830. The van der Waals surface area contributed by atoms with E-state index in [4.69, 9.17) is 4.74 Å². The molecule has 0 aromatic carbocycles. The first-order chi connectivity index (χ1) is 33.4. The highest BCUT2D eigenvalue weighted by Crippen LogP contribution is 2.30. The smallest absolute Gasteiger partial charge is 0.332 e. The normalized spacial score (nSPS) is 29.6.